The van der Waals surface area contributed by atoms with Crippen molar-refractivity contribution < 1.29 is 9.13 Å². The molecule has 4 rings (SSSR count). The quantitative estimate of drug-likeness (QED) is 0.854. The smallest absolute Gasteiger partial charge is 0.162 e. The van der Waals surface area contributed by atoms with Crippen LogP contribution in [0.25, 0.3) is 11.4 Å². The third kappa shape index (κ3) is 2.50. The van der Waals surface area contributed by atoms with Crippen LogP contribution in [0.2, 0.25) is 0 Å². The molecule has 3 heterocycles. The second kappa shape index (κ2) is 5.83. The number of aromatic nitrogens is 2. The summed E-state index contributed by atoms with van der Waals surface area (Å²) in [6.45, 7) is 4.76. The van der Waals surface area contributed by atoms with Crippen LogP contribution in [0.3, 0.4) is 0 Å². The highest BCUT2D eigenvalue weighted by atomic mass is 19.1. The number of hydrogen-bond donors (Lipinski definition) is 1. The highest BCUT2D eigenvalue weighted by molar-refractivity contribution is 5.85. The van der Waals surface area contributed by atoms with Crippen LogP contribution in [0.4, 0.5) is 15.9 Å². The topological polar surface area (TPSA) is 76.6 Å². The van der Waals surface area contributed by atoms with Crippen LogP contribution >= 0.6 is 0 Å². The van der Waals surface area contributed by atoms with Crippen molar-refractivity contribution in [2.45, 2.75) is 19.5 Å². The number of benzene rings is 1. The minimum atomic E-state index is -0.466. The molecule has 0 bridgehead atoms. The van der Waals surface area contributed by atoms with Gasteiger partial charge in [0.2, 0.25) is 0 Å². The summed E-state index contributed by atoms with van der Waals surface area (Å²) in [4.78, 5) is 15.8. The van der Waals surface area contributed by atoms with Crippen LogP contribution in [0, 0.1) is 5.82 Å². The van der Waals surface area contributed by atoms with Crippen molar-refractivity contribution in [3.63, 3.8) is 0 Å². The van der Waals surface area contributed by atoms with Crippen molar-refractivity contribution in [3.05, 3.63) is 35.3 Å². The molecular weight excluding hydrogens is 309 g/mol. The SMILES string of the molecule is CC1COCCN1c1nc(-c2ccc(N)c(F)c2)nc2c1CN=C2. The van der Waals surface area contributed by atoms with E-state index in [0.717, 1.165) is 23.6 Å². The number of halogens is 1. The number of hydrogen-bond acceptors (Lipinski definition) is 6. The molecule has 1 aromatic heterocycles. The van der Waals surface area contributed by atoms with Crippen LogP contribution in [0.5, 0.6) is 0 Å². The minimum Gasteiger partial charge on any atom is -0.396 e. The zero-order chi connectivity index (χ0) is 16.7. The lowest BCUT2D eigenvalue weighted by atomic mass is 10.1. The van der Waals surface area contributed by atoms with E-state index < -0.39 is 5.82 Å². The maximum atomic E-state index is 13.8. The number of morpholine rings is 1. The number of aliphatic imine (C=N–C) groups is 1. The van der Waals surface area contributed by atoms with Gasteiger partial charge in [-0.15, -0.1) is 0 Å². The molecular formula is C17H18FN5O. The van der Waals surface area contributed by atoms with E-state index in [1.807, 2.05) is 0 Å². The average Bonchev–Trinajstić information content (AvgIpc) is 3.05. The molecule has 2 N–H and O–H groups in total. The summed E-state index contributed by atoms with van der Waals surface area (Å²) >= 11 is 0. The molecule has 6 nitrogen and oxygen atoms in total. The number of anilines is 2. The number of nitrogens with zero attached hydrogens (tertiary/aromatic N) is 4. The standard InChI is InChI=1S/C17H18FN5O/c1-10-9-24-5-4-23(10)17-12-7-20-8-15(12)21-16(22-17)11-2-3-14(19)13(18)6-11/h2-3,6,8,10H,4-5,7,9,19H2,1H3. The lowest BCUT2D eigenvalue weighted by molar-refractivity contribution is 0.0984. The van der Waals surface area contributed by atoms with E-state index in [9.17, 15) is 4.39 Å². The number of rotatable bonds is 2. The van der Waals surface area contributed by atoms with Crippen molar-refractivity contribution in [2.24, 2.45) is 4.99 Å². The first-order chi connectivity index (χ1) is 11.6. The van der Waals surface area contributed by atoms with E-state index in [1.54, 1.807) is 12.3 Å². The Bertz CT molecular complexity index is 823. The van der Waals surface area contributed by atoms with Gasteiger partial charge >= 0.3 is 0 Å². The second-order valence-corrected chi connectivity index (χ2v) is 6.06. The van der Waals surface area contributed by atoms with Crippen molar-refractivity contribution in [1.29, 1.82) is 0 Å². The van der Waals surface area contributed by atoms with Gasteiger partial charge in [-0.2, -0.15) is 0 Å². The number of nitrogens with two attached hydrogens (primary N) is 1. The van der Waals surface area contributed by atoms with E-state index in [-0.39, 0.29) is 11.7 Å². The summed E-state index contributed by atoms with van der Waals surface area (Å²) in [6.07, 6.45) is 1.75. The van der Waals surface area contributed by atoms with Crippen LogP contribution < -0.4 is 10.6 Å². The van der Waals surface area contributed by atoms with E-state index in [2.05, 4.69) is 21.8 Å². The molecule has 1 unspecified atom stereocenters. The molecule has 1 atom stereocenters. The zero-order valence-corrected chi connectivity index (χ0v) is 13.4. The predicted molar refractivity (Wildman–Crippen MR) is 90.8 cm³/mol. The van der Waals surface area contributed by atoms with Crippen molar-refractivity contribution in [3.8, 4) is 11.4 Å². The molecule has 2 aromatic rings. The van der Waals surface area contributed by atoms with Crippen LogP contribution in [0.1, 0.15) is 18.2 Å². The number of fused-ring (bicyclic) bond motifs is 1. The fourth-order valence-electron chi connectivity index (χ4n) is 3.05. The van der Waals surface area contributed by atoms with Crippen LogP contribution in [-0.2, 0) is 11.3 Å². The summed E-state index contributed by atoms with van der Waals surface area (Å²) in [5.41, 5.74) is 8.10. The van der Waals surface area contributed by atoms with E-state index in [1.165, 1.54) is 12.1 Å². The number of nitrogen functional groups attached to an aromatic ring is 1. The van der Waals surface area contributed by atoms with Gasteiger partial charge in [-0.1, -0.05) is 0 Å². The first kappa shape index (κ1) is 15.0. The fraction of sp³-hybridized carbons (Fsp3) is 0.353. The summed E-state index contributed by atoms with van der Waals surface area (Å²) in [6, 6.07) is 4.86. The Morgan fingerprint density at radius 3 is 3.00 bits per heavy atom. The van der Waals surface area contributed by atoms with Crippen molar-refractivity contribution >= 4 is 17.7 Å². The number of ether oxygens (including phenoxy) is 1. The third-order valence-electron chi connectivity index (χ3n) is 4.38. The van der Waals surface area contributed by atoms with Crippen molar-refractivity contribution in [1.82, 2.24) is 9.97 Å². The van der Waals surface area contributed by atoms with Crippen molar-refractivity contribution in [2.75, 3.05) is 30.4 Å². The lowest BCUT2D eigenvalue weighted by Gasteiger charge is -2.35. The first-order valence-corrected chi connectivity index (χ1v) is 7.94. The molecule has 124 valence electrons. The predicted octanol–water partition coefficient (Wildman–Crippen LogP) is 2.02. The maximum Gasteiger partial charge on any atom is 0.162 e. The monoisotopic (exact) mass is 327 g/mol. The molecule has 24 heavy (non-hydrogen) atoms. The molecule has 1 fully saturated rings. The lowest BCUT2D eigenvalue weighted by Crippen LogP contribution is -2.44. The van der Waals surface area contributed by atoms with Crippen LogP contribution in [0.15, 0.2) is 23.2 Å². The van der Waals surface area contributed by atoms with Gasteiger partial charge in [-0.25, -0.2) is 14.4 Å². The van der Waals surface area contributed by atoms with E-state index >= 15 is 0 Å². The highest BCUT2D eigenvalue weighted by Gasteiger charge is 2.26. The fourth-order valence-corrected chi connectivity index (χ4v) is 3.05. The van der Waals surface area contributed by atoms with Gasteiger partial charge in [0.1, 0.15) is 11.6 Å². The third-order valence-corrected chi connectivity index (χ3v) is 4.38. The molecule has 0 radical (unpaired) electrons. The largest absolute Gasteiger partial charge is 0.396 e. The highest BCUT2D eigenvalue weighted by Crippen LogP contribution is 2.30. The molecule has 2 aliphatic rings. The summed E-state index contributed by atoms with van der Waals surface area (Å²) < 4.78 is 19.3. The Labute approximate surface area is 139 Å². The first-order valence-electron chi connectivity index (χ1n) is 7.94. The Morgan fingerprint density at radius 1 is 1.33 bits per heavy atom. The Morgan fingerprint density at radius 2 is 2.21 bits per heavy atom. The summed E-state index contributed by atoms with van der Waals surface area (Å²) in [5, 5.41) is 0. The van der Waals surface area contributed by atoms with Gasteiger partial charge < -0.3 is 15.4 Å². The van der Waals surface area contributed by atoms with Gasteiger partial charge in [0.05, 0.1) is 37.2 Å². The Kier molecular flexibility index (Phi) is 3.65. The molecule has 0 aliphatic carbocycles. The molecule has 2 aliphatic heterocycles. The molecule has 1 aromatic carbocycles. The summed E-state index contributed by atoms with van der Waals surface area (Å²) in [5.74, 6) is 0.877. The normalized spacial score (nSPS) is 19.6. The Balaban J connectivity index is 1.82. The average molecular weight is 327 g/mol. The van der Waals surface area contributed by atoms with Gasteiger partial charge in [-0.3, -0.25) is 4.99 Å². The molecule has 0 amide bonds. The zero-order valence-electron chi connectivity index (χ0n) is 13.4. The van der Waals surface area contributed by atoms with E-state index in [0.29, 0.717) is 31.1 Å². The van der Waals surface area contributed by atoms with Crippen LogP contribution in [-0.4, -0.2) is 42.0 Å². The molecule has 1 saturated heterocycles. The van der Waals surface area contributed by atoms with Gasteiger partial charge in [0, 0.05) is 23.9 Å². The van der Waals surface area contributed by atoms with Gasteiger partial charge in [0.25, 0.3) is 0 Å². The second-order valence-electron chi connectivity index (χ2n) is 6.06. The maximum absolute atomic E-state index is 13.8. The van der Waals surface area contributed by atoms with Gasteiger partial charge in [-0.05, 0) is 25.1 Å². The van der Waals surface area contributed by atoms with E-state index in [4.69, 9.17) is 15.5 Å². The molecule has 0 saturated carbocycles. The Hall–Kier alpha value is -2.54. The minimum absolute atomic E-state index is 0.114. The summed E-state index contributed by atoms with van der Waals surface area (Å²) in [7, 11) is 0. The molecule has 0 spiro atoms. The molecule has 7 heteroatoms. The van der Waals surface area contributed by atoms with Gasteiger partial charge in [0.15, 0.2) is 5.82 Å².